The zero-order valence-electron chi connectivity index (χ0n) is 12.6. The van der Waals surface area contributed by atoms with E-state index in [1.807, 2.05) is 31.2 Å². The number of nitrogens with zero attached hydrogens (tertiary/aromatic N) is 1. The Kier molecular flexibility index (Phi) is 4.21. The number of likely N-dealkylation sites (N-methyl/N-ethyl adjacent to an activating group) is 1. The van der Waals surface area contributed by atoms with Crippen LogP contribution in [-0.2, 0) is 16.0 Å². The summed E-state index contributed by atoms with van der Waals surface area (Å²) in [6.07, 6.45) is 1.50. The van der Waals surface area contributed by atoms with Gasteiger partial charge in [0.15, 0.2) is 0 Å². The minimum Gasteiger partial charge on any atom is -0.496 e. The minimum atomic E-state index is -1.18. The van der Waals surface area contributed by atoms with Gasteiger partial charge < -0.3 is 14.7 Å². The van der Waals surface area contributed by atoms with Gasteiger partial charge in [-0.25, -0.2) is 0 Å². The average Bonchev–Trinajstić information content (AvgIpc) is 3.28. The standard InChI is InChI=1S/C16H21NO4/c1-11(10-12-6-4-5-7-13(12)21-3)17(2)14(18)16(8-9-16)15(19)20/h4-7,11H,8-10H2,1-3H3,(H,19,20). The quantitative estimate of drug-likeness (QED) is 0.814. The third kappa shape index (κ3) is 2.86. The third-order valence-electron chi connectivity index (χ3n) is 4.26. The molecule has 1 aliphatic carbocycles. The molecule has 0 saturated heterocycles. The maximum atomic E-state index is 12.4. The van der Waals surface area contributed by atoms with E-state index >= 15 is 0 Å². The maximum Gasteiger partial charge on any atom is 0.319 e. The Hall–Kier alpha value is -2.04. The number of para-hydroxylation sites is 1. The van der Waals surface area contributed by atoms with Gasteiger partial charge in [-0.05, 0) is 37.8 Å². The van der Waals surface area contributed by atoms with E-state index < -0.39 is 11.4 Å². The fraction of sp³-hybridized carbons (Fsp3) is 0.500. The summed E-state index contributed by atoms with van der Waals surface area (Å²) >= 11 is 0. The topological polar surface area (TPSA) is 66.8 Å². The van der Waals surface area contributed by atoms with Crippen LogP contribution in [0.4, 0.5) is 0 Å². The van der Waals surface area contributed by atoms with Gasteiger partial charge in [-0.3, -0.25) is 9.59 Å². The van der Waals surface area contributed by atoms with E-state index in [1.54, 1.807) is 19.1 Å². The number of amides is 1. The molecule has 1 saturated carbocycles. The summed E-state index contributed by atoms with van der Waals surface area (Å²) in [5.74, 6) is -0.522. The molecule has 1 amide bonds. The lowest BCUT2D eigenvalue weighted by molar-refractivity contribution is -0.153. The van der Waals surface area contributed by atoms with E-state index in [2.05, 4.69) is 0 Å². The first kappa shape index (κ1) is 15.4. The number of carbonyl (C=O) groups is 2. The zero-order chi connectivity index (χ0) is 15.6. The van der Waals surface area contributed by atoms with Crippen molar-refractivity contribution in [2.45, 2.75) is 32.2 Å². The van der Waals surface area contributed by atoms with Gasteiger partial charge in [-0.15, -0.1) is 0 Å². The van der Waals surface area contributed by atoms with Gasteiger partial charge in [-0.2, -0.15) is 0 Å². The average molecular weight is 291 g/mol. The highest BCUT2D eigenvalue weighted by Gasteiger charge is 2.58. The monoisotopic (exact) mass is 291 g/mol. The van der Waals surface area contributed by atoms with Crippen LogP contribution in [0.15, 0.2) is 24.3 Å². The highest BCUT2D eigenvalue weighted by atomic mass is 16.5. The first-order valence-corrected chi connectivity index (χ1v) is 7.05. The molecule has 1 N–H and O–H groups in total. The number of aliphatic carboxylic acids is 1. The lowest BCUT2D eigenvalue weighted by Crippen LogP contribution is -2.43. The minimum absolute atomic E-state index is 0.0920. The van der Waals surface area contributed by atoms with E-state index in [4.69, 9.17) is 4.74 Å². The van der Waals surface area contributed by atoms with Crippen LogP contribution in [-0.4, -0.2) is 42.1 Å². The Bertz CT molecular complexity index is 551. The molecule has 1 aliphatic rings. The molecule has 1 atom stereocenters. The van der Waals surface area contributed by atoms with Gasteiger partial charge in [0.1, 0.15) is 11.2 Å². The Morgan fingerprint density at radius 2 is 2.00 bits per heavy atom. The van der Waals surface area contributed by atoms with E-state index in [0.29, 0.717) is 19.3 Å². The van der Waals surface area contributed by atoms with Gasteiger partial charge in [0.25, 0.3) is 0 Å². The van der Waals surface area contributed by atoms with Gasteiger partial charge in [0, 0.05) is 13.1 Å². The molecular weight excluding hydrogens is 270 g/mol. The van der Waals surface area contributed by atoms with Crippen molar-refractivity contribution in [3.05, 3.63) is 29.8 Å². The molecule has 1 fully saturated rings. The molecule has 1 aromatic rings. The van der Waals surface area contributed by atoms with Crippen LogP contribution in [0.2, 0.25) is 0 Å². The number of ether oxygens (including phenoxy) is 1. The highest BCUT2D eigenvalue weighted by Crippen LogP contribution is 2.47. The van der Waals surface area contributed by atoms with Crippen molar-refractivity contribution in [1.29, 1.82) is 0 Å². The molecule has 0 spiro atoms. The Morgan fingerprint density at radius 3 is 2.52 bits per heavy atom. The highest BCUT2D eigenvalue weighted by molar-refractivity contribution is 6.04. The van der Waals surface area contributed by atoms with Gasteiger partial charge in [-0.1, -0.05) is 18.2 Å². The van der Waals surface area contributed by atoms with Crippen LogP contribution in [0.25, 0.3) is 0 Å². The third-order valence-corrected chi connectivity index (χ3v) is 4.26. The summed E-state index contributed by atoms with van der Waals surface area (Å²) in [4.78, 5) is 25.2. The molecule has 1 aromatic carbocycles. The molecule has 0 heterocycles. The van der Waals surface area contributed by atoms with Gasteiger partial charge in [0.2, 0.25) is 5.91 Å². The molecule has 0 aromatic heterocycles. The summed E-state index contributed by atoms with van der Waals surface area (Å²) in [6.45, 7) is 1.92. The number of benzene rings is 1. The number of hydrogen-bond acceptors (Lipinski definition) is 3. The SMILES string of the molecule is COc1ccccc1CC(C)N(C)C(=O)C1(C(=O)O)CC1. The summed E-state index contributed by atoms with van der Waals surface area (Å²) in [7, 11) is 3.29. The largest absolute Gasteiger partial charge is 0.496 e. The molecular formula is C16H21NO4. The molecule has 5 heteroatoms. The molecule has 0 bridgehead atoms. The van der Waals surface area contributed by atoms with E-state index in [9.17, 15) is 14.7 Å². The number of methoxy groups -OCH3 is 1. The predicted molar refractivity (Wildman–Crippen MR) is 78.2 cm³/mol. The van der Waals surface area contributed by atoms with E-state index in [-0.39, 0.29) is 11.9 Å². The molecule has 21 heavy (non-hydrogen) atoms. The van der Waals surface area contributed by atoms with Gasteiger partial charge in [0.05, 0.1) is 7.11 Å². The lowest BCUT2D eigenvalue weighted by atomic mass is 10.0. The number of carboxylic acid groups (broad SMARTS) is 1. The van der Waals surface area contributed by atoms with Gasteiger partial charge >= 0.3 is 5.97 Å². The fourth-order valence-corrected chi connectivity index (χ4v) is 2.51. The Balaban J connectivity index is 2.08. The first-order valence-electron chi connectivity index (χ1n) is 7.05. The van der Waals surface area contributed by atoms with Crippen molar-refractivity contribution < 1.29 is 19.4 Å². The maximum absolute atomic E-state index is 12.4. The fourth-order valence-electron chi connectivity index (χ4n) is 2.51. The second-order valence-corrected chi connectivity index (χ2v) is 5.67. The normalized spacial score (nSPS) is 16.9. The molecule has 114 valence electrons. The second kappa shape index (κ2) is 5.76. The summed E-state index contributed by atoms with van der Waals surface area (Å²) in [6, 6.07) is 7.56. The predicted octanol–water partition coefficient (Wildman–Crippen LogP) is 1.95. The van der Waals surface area contributed by atoms with Crippen LogP contribution in [0, 0.1) is 5.41 Å². The molecule has 1 unspecified atom stereocenters. The van der Waals surface area contributed by atoms with Crippen molar-refractivity contribution in [2.24, 2.45) is 5.41 Å². The second-order valence-electron chi connectivity index (χ2n) is 5.67. The smallest absolute Gasteiger partial charge is 0.319 e. The van der Waals surface area contributed by atoms with Crippen molar-refractivity contribution in [3.63, 3.8) is 0 Å². The number of hydrogen-bond donors (Lipinski definition) is 1. The van der Waals surface area contributed by atoms with Crippen molar-refractivity contribution >= 4 is 11.9 Å². The van der Waals surface area contributed by atoms with Crippen LogP contribution in [0.3, 0.4) is 0 Å². The molecule has 0 radical (unpaired) electrons. The number of carboxylic acids is 1. The van der Waals surface area contributed by atoms with E-state index in [0.717, 1.165) is 11.3 Å². The molecule has 5 nitrogen and oxygen atoms in total. The van der Waals surface area contributed by atoms with E-state index in [1.165, 1.54) is 0 Å². The van der Waals surface area contributed by atoms with Crippen LogP contribution in [0.5, 0.6) is 5.75 Å². The van der Waals surface area contributed by atoms with Crippen molar-refractivity contribution in [2.75, 3.05) is 14.2 Å². The Labute approximate surface area is 124 Å². The Morgan fingerprint density at radius 1 is 1.38 bits per heavy atom. The molecule has 2 rings (SSSR count). The van der Waals surface area contributed by atoms with Crippen LogP contribution < -0.4 is 4.74 Å². The van der Waals surface area contributed by atoms with Crippen LogP contribution in [0.1, 0.15) is 25.3 Å². The van der Waals surface area contributed by atoms with Crippen molar-refractivity contribution in [3.8, 4) is 5.75 Å². The molecule has 0 aliphatic heterocycles. The first-order chi connectivity index (χ1) is 9.92. The number of carbonyl (C=O) groups excluding carboxylic acids is 1. The van der Waals surface area contributed by atoms with Crippen molar-refractivity contribution in [1.82, 2.24) is 4.90 Å². The van der Waals surface area contributed by atoms with Crippen LogP contribution >= 0.6 is 0 Å². The lowest BCUT2D eigenvalue weighted by Gasteiger charge is -2.28. The summed E-state index contributed by atoms with van der Waals surface area (Å²) in [5, 5.41) is 9.21. The summed E-state index contributed by atoms with van der Waals surface area (Å²) in [5.41, 5.74) is -0.170. The number of rotatable bonds is 6. The summed E-state index contributed by atoms with van der Waals surface area (Å²) < 4.78 is 5.31. The zero-order valence-corrected chi connectivity index (χ0v) is 12.6.